The Kier molecular flexibility index (Phi) is 4.12. The van der Waals surface area contributed by atoms with E-state index >= 15 is 0 Å². The van der Waals surface area contributed by atoms with E-state index in [4.69, 9.17) is 0 Å². The number of nitrogens with one attached hydrogen (secondary N) is 1. The molecule has 3 aromatic rings. The number of anilines is 2. The van der Waals surface area contributed by atoms with Crippen molar-refractivity contribution in [2.45, 2.75) is 6.92 Å². The van der Waals surface area contributed by atoms with E-state index in [0.29, 0.717) is 22.3 Å². The predicted molar refractivity (Wildman–Crippen MR) is 87.5 cm³/mol. The topological polar surface area (TPSA) is 51.2 Å². The number of ether oxygens (including phenoxy) is 1. The van der Waals surface area contributed by atoms with Gasteiger partial charge in [-0.1, -0.05) is 12.1 Å². The molecule has 0 aliphatic heterocycles. The van der Waals surface area contributed by atoms with Crippen LogP contribution in [0.25, 0.3) is 10.9 Å². The van der Waals surface area contributed by atoms with Crippen molar-refractivity contribution in [3.63, 3.8) is 0 Å². The number of aryl methyl sites for hydroxylation is 1. The van der Waals surface area contributed by atoms with Crippen LogP contribution in [0.4, 0.5) is 20.2 Å². The minimum Gasteiger partial charge on any atom is -0.464 e. The van der Waals surface area contributed by atoms with Crippen LogP contribution in [0.1, 0.15) is 16.1 Å². The molecule has 2 aromatic carbocycles. The van der Waals surface area contributed by atoms with Gasteiger partial charge in [-0.3, -0.25) is 0 Å². The lowest BCUT2D eigenvalue weighted by atomic mass is 10.1. The summed E-state index contributed by atoms with van der Waals surface area (Å²) in [5.41, 5.74) is 1.84. The van der Waals surface area contributed by atoms with Gasteiger partial charge >= 0.3 is 5.97 Å². The Morgan fingerprint density at radius 2 is 1.92 bits per heavy atom. The number of methoxy groups -OCH3 is 1. The maximum Gasteiger partial charge on any atom is 0.356 e. The van der Waals surface area contributed by atoms with E-state index in [2.05, 4.69) is 15.0 Å². The van der Waals surface area contributed by atoms with Crippen LogP contribution in [-0.2, 0) is 4.74 Å². The summed E-state index contributed by atoms with van der Waals surface area (Å²) in [6.45, 7) is 1.75. The van der Waals surface area contributed by atoms with E-state index in [0.717, 1.165) is 0 Å². The van der Waals surface area contributed by atoms with Crippen LogP contribution in [0, 0.1) is 18.6 Å². The summed E-state index contributed by atoms with van der Waals surface area (Å²) >= 11 is 0. The molecule has 0 aliphatic carbocycles. The fraction of sp³-hybridized carbons (Fsp3) is 0.111. The first kappa shape index (κ1) is 15.9. The quantitative estimate of drug-likeness (QED) is 0.726. The van der Waals surface area contributed by atoms with Crippen LogP contribution in [0.3, 0.4) is 0 Å². The number of carbonyl (C=O) groups excluding carboxylic acids is 1. The lowest BCUT2D eigenvalue weighted by Gasteiger charge is -2.13. The second-order valence-electron chi connectivity index (χ2n) is 5.27. The van der Waals surface area contributed by atoms with Crippen LogP contribution in [0.15, 0.2) is 42.5 Å². The highest BCUT2D eigenvalue weighted by Crippen LogP contribution is 2.29. The second-order valence-corrected chi connectivity index (χ2v) is 5.27. The largest absolute Gasteiger partial charge is 0.464 e. The molecule has 4 nitrogen and oxygen atoms in total. The normalized spacial score (nSPS) is 10.7. The van der Waals surface area contributed by atoms with E-state index < -0.39 is 11.8 Å². The third kappa shape index (κ3) is 2.90. The molecule has 1 aromatic heterocycles. The molecular formula is C18H14F2N2O2. The smallest absolute Gasteiger partial charge is 0.356 e. The minimum absolute atomic E-state index is 0.0163. The Bertz CT molecular complexity index is 942. The molecule has 0 spiro atoms. The lowest BCUT2D eigenvalue weighted by molar-refractivity contribution is 0.0594. The zero-order valence-corrected chi connectivity index (χ0v) is 13.1. The molecule has 122 valence electrons. The maximum atomic E-state index is 14.1. The van der Waals surface area contributed by atoms with Crippen molar-refractivity contribution in [3.05, 3.63) is 65.4 Å². The van der Waals surface area contributed by atoms with Gasteiger partial charge in [-0.25, -0.2) is 18.6 Å². The summed E-state index contributed by atoms with van der Waals surface area (Å²) in [5, 5.41) is 3.61. The number of benzene rings is 2. The summed E-state index contributed by atoms with van der Waals surface area (Å²) < 4.78 is 32.0. The average molecular weight is 328 g/mol. The van der Waals surface area contributed by atoms with Crippen molar-refractivity contribution < 1.29 is 18.3 Å². The number of nitrogens with zero attached hydrogens (tertiary/aromatic N) is 1. The van der Waals surface area contributed by atoms with Gasteiger partial charge in [0.15, 0.2) is 5.69 Å². The molecule has 1 N–H and O–H groups in total. The minimum atomic E-state index is -0.668. The van der Waals surface area contributed by atoms with Crippen molar-refractivity contribution >= 4 is 28.2 Å². The maximum absolute atomic E-state index is 14.1. The van der Waals surface area contributed by atoms with Gasteiger partial charge in [-0.05, 0) is 42.8 Å². The predicted octanol–water partition coefficient (Wildman–Crippen LogP) is 4.35. The van der Waals surface area contributed by atoms with E-state index in [1.807, 2.05) is 0 Å². The SMILES string of the molecule is COC(=O)c1cc(Nc2ccc(F)cc2C)c2cccc(F)c2n1. The number of rotatable bonds is 3. The average Bonchev–Trinajstić information content (AvgIpc) is 2.57. The fourth-order valence-corrected chi connectivity index (χ4v) is 2.44. The number of para-hydroxylation sites is 1. The van der Waals surface area contributed by atoms with E-state index in [1.54, 1.807) is 25.1 Å². The van der Waals surface area contributed by atoms with Crippen molar-refractivity contribution in [2.24, 2.45) is 0 Å². The van der Waals surface area contributed by atoms with Crippen LogP contribution in [-0.4, -0.2) is 18.1 Å². The monoisotopic (exact) mass is 328 g/mol. The first-order chi connectivity index (χ1) is 11.5. The molecule has 6 heteroatoms. The number of halogens is 2. The molecule has 0 bridgehead atoms. The van der Waals surface area contributed by atoms with Crippen molar-refractivity contribution in [1.82, 2.24) is 4.98 Å². The molecule has 1 heterocycles. The number of esters is 1. The molecule has 0 fully saturated rings. The highest BCUT2D eigenvalue weighted by Gasteiger charge is 2.15. The highest BCUT2D eigenvalue weighted by atomic mass is 19.1. The molecule has 0 saturated heterocycles. The number of aromatic nitrogens is 1. The third-order valence-corrected chi connectivity index (χ3v) is 3.64. The Morgan fingerprint density at radius 3 is 2.62 bits per heavy atom. The molecule has 0 saturated carbocycles. The van der Waals surface area contributed by atoms with Crippen LogP contribution < -0.4 is 5.32 Å². The standard InChI is InChI=1S/C18H14F2N2O2/c1-10-8-11(19)6-7-14(10)21-15-9-16(18(23)24-2)22-17-12(15)4-3-5-13(17)20/h3-9H,1-2H3,(H,21,22). The number of carbonyl (C=O) groups is 1. The van der Waals surface area contributed by atoms with Gasteiger partial charge in [0, 0.05) is 11.1 Å². The summed E-state index contributed by atoms with van der Waals surface area (Å²) in [4.78, 5) is 15.8. The zero-order valence-electron chi connectivity index (χ0n) is 13.1. The summed E-state index contributed by atoms with van der Waals surface area (Å²) in [6.07, 6.45) is 0. The van der Waals surface area contributed by atoms with Crippen LogP contribution in [0.2, 0.25) is 0 Å². The van der Waals surface area contributed by atoms with E-state index in [-0.39, 0.29) is 17.0 Å². The number of hydrogen-bond acceptors (Lipinski definition) is 4. The van der Waals surface area contributed by atoms with Gasteiger partial charge < -0.3 is 10.1 Å². The molecule has 0 unspecified atom stereocenters. The van der Waals surface area contributed by atoms with Crippen molar-refractivity contribution in [2.75, 3.05) is 12.4 Å². The van der Waals surface area contributed by atoms with Gasteiger partial charge in [-0.2, -0.15) is 0 Å². The van der Waals surface area contributed by atoms with Crippen LogP contribution >= 0.6 is 0 Å². The lowest BCUT2D eigenvalue weighted by Crippen LogP contribution is -2.07. The highest BCUT2D eigenvalue weighted by molar-refractivity contribution is 5.99. The van der Waals surface area contributed by atoms with Gasteiger partial charge in [0.25, 0.3) is 0 Å². The Hall–Kier alpha value is -3.02. The first-order valence-corrected chi connectivity index (χ1v) is 7.20. The molecule has 24 heavy (non-hydrogen) atoms. The Morgan fingerprint density at radius 1 is 1.12 bits per heavy atom. The fourth-order valence-electron chi connectivity index (χ4n) is 2.44. The third-order valence-electron chi connectivity index (χ3n) is 3.64. The summed E-state index contributed by atoms with van der Waals surface area (Å²) in [5.74, 6) is -1.56. The molecule has 3 rings (SSSR count). The molecule has 0 amide bonds. The van der Waals surface area contributed by atoms with Crippen LogP contribution in [0.5, 0.6) is 0 Å². The second kappa shape index (κ2) is 6.23. The summed E-state index contributed by atoms with van der Waals surface area (Å²) in [7, 11) is 1.23. The summed E-state index contributed by atoms with van der Waals surface area (Å²) in [6, 6.07) is 10.3. The van der Waals surface area contributed by atoms with E-state index in [9.17, 15) is 13.6 Å². The number of pyridine rings is 1. The van der Waals surface area contributed by atoms with Crippen molar-refractivity contribution in [1.29, 1.82) is 0 Å². The first-order valence-electron chi connectivity index (χ1n) is 7.20. The molecule has 0 radical (unpaired) electrons. The van der Waals surface area contributed by atoms with Gasteiger partial charge in [0.05, 0.1) is 12.8 Å². The number of hydrogen-bond donors (Lipinski definition) is 1. The Labute approximate surface area is 137 Å². The van der Waals surface area contributed by atoms with E-state index in [1.165, 1.54) is 31.4 Å². The molecule has 0 aliphatic rings. The van der Waals surface area contributed by atoms with Gasteiger partial charge in [-0.15, -0.1) is 0 Å². The number of fused-ring (bicyclic) bond motifs is 1. The zero-order chi connectivity index (χ0) is 17.3. The Balaban J connectivity index is 2.18. The van der Waals surface area contributed by atoms with Crippen molar-refractivity contribution in [3.8, 4) is 0 Å². The molecular weight excluding hydrogens is 314 g/mol. The van der Waals surface area contributed by atoms with Gasteiger partial charge in [0.2, 0.25) is 0 Å². The molecule has 0 atom stereocenters. The van der Waals surface area contributed by atoms with Gasteiger partial charge in [0.1, 0.15) is 17.2 Å².